The van der Waals surface area contributed by atoms with Gasteiger partial charge in [-0.25, -0.2) is 8.78 Å². The third kappa shape index (κ3) is 5.18. The maximum atomic E-state index is 14.5. The zero-order chi connectivity index (χ0) is 19.2. The third-order valence-corrected chi connectivity index (χ3v) is 4.36. The van der Waals surface area contributed by atoms with Crippen molar-refractivity contribution in [2.45, 2.75) is 6.54 Å². The molecule has 0 bridgehead atoms. The number of aromatic nitrogens is 1. The third-order valence-electron chi connectivity index (χ3n) is 4.27. The Kier molecular flexibility index (Phi) is 6.25. The number of hydrazone groups is 1. The van der Waals surface area contributed by atoms with Gasteiger partial charge in [0.15, 0.2) is 5.11 Å². The number of benzene rings is 1. The molecule has 27 heavy (non-hydrogen) atoms. The molecule has 1 saturated heterocycles. The van der Waals surface area contributed by atoms with Gasteiger partial charge in [0.1, 0.15) is 17.3 Å². The summed E-state index contributed by atoms with van der Waals surface area (Å²) in [5, 5.41) is 3.70. The van der Waals surface area contributed by atoms with E-state index in [2.05, 4.69) is 32.6 Å². The molecule has 2 aromatic rings. The first kappa shape index (κ1) is 19.1. The van der Waals surface area contributed by atoms with Crippen LogP contribution in [0, 0.1) is 11.6 Å². The van der Waals surface area contributed by atoms with Gasteiger partial charge in [0, 0.05) is 50.7 Å². The second-order valence-corrected chi connectivity index (χ2v) is 6.63. The lowest BCUT2D eigenvalue weighted by atomic mass is 10.1. The molecule has 3 rings (SSSR count). The summed E-state index contributed by atoms with van der Waals surface area (Å²) >= 11 is 4.61. The summed E-state index contributed by atoms with van der Waals surface area (Å²) in [5.74, 6) is -1.23. The summed E-state index contributed by atoms with van der Waals surface area (Å²) < 4.78 is 29.0. The van der Waals surface area contributed by atoms with Crippen molar-refractivity contribution < 1.29 is 8.78 Å². The van der Waals surface area contributed by atoms with E-state index in [0.717, 1.165) is 19.6 Å². The summed E-state index contributed by atoms with van der Waals surface area (Å²) in [6.45, 7) is 3.35. The predicted octanol–water partition coefficient (Wildman–Crippen LogP) is 1.85. The summed E-state index contributed by atoms with van der Waals surface area (Å²) in [6, 6.07) is 6.43. The van der Waals surface area contributed by atoms with E-state index in [4.69, 9.17) is 5.73 Å². The summed E-state index contributed by atoms with van der Waals surface area (Å²) in [4.78, 5) is 8.00. The van der Waals surface area contributed by atoms with Crippen molar-refractivity contribution in [2.24, 2.45) is 10.8 Å². The lowest BCUT2D eigenvalue weighted by Gasteiger charge is -2.36. The van der Waals surface area contributed by atoms with Crippen LogP contribution in [-0.4, -0.2) is 47.4 Å². The zero-order valence-electron chi connectivity index (χ0n) is 14.6. The Labute approximate surface area is 161 Å². The second-order valence-electron chi connectivity index (χ2n) is 6.19. The Hall–Kier alpha value is -2.65. The minimum Gasteiger partial charge on any atom is -0.375 e. The molecule has 0 radical (unpaired) electrons. The van der Waals surface area contributed by atoms with Gasteiger partial charge in [-0.05, 0) is 42.0 Å². The molecule has 0 aliphatic carbocycles. The maximum Gasteiger partial charge on any atom is 0.184 e. The predicted molar refractivity (Wildman–Crippen MR) is 106 cm³/mol. The number of nitrogens with zero attached hydrogens (tertiary/aromatic N) is 4. The standard InChI is InChI=1S/C18H20F2N6S/c19-15-9-14(11-23-24-18(21)27)10-16(20)17(15)26-7-5-25(6-8-26)12-13-1-3-22-4-2-13/h1-4,9-11H,5-8,12H2,(H3,21,24,27). The number of rotatable bonds is 5. The molecular formula is C18H20F2N6S. The van der Waals surface area contributed by atoms with Crippen LogP contribution in [0.4, 0.5) is 14.5 Å². The average Bonchev–Trinajstić information content (AvgIpc) is 2.63. The van der Waals surface area contributed by atoms with Crippen LogP contribution >= 0.6 is 12.2 Å². The number of nitrogens with two attached hydrogens (primary N) is 1. The molecule has 142 valence electrons. The molecule has 1 fully saturated rings. The summed E-state index contributed by atoms with van der Waals surface area (Å²) in [6.07, 6.45) is 4.79. The molecule has 1 aromatic heterocycles. The van der Waals surface area contributed by atoms with Crippen LogP contribution in [-0.2, 0) is 6.54 Å². The fraction of sp³-hybridized carbons (Fsp3) is 0.278. The Balaban J connectivity index is 1.63. The Morgan fingerprint density at radius 3 is 2.41 bits per heavy atom. The van der Waals surface area contributed by atoms with Crippen molar-refractivity contribution in [1.29, 1.82) is 0 Å². The minimum absolute atomic E-state index is 0.00184. The van der Waals surface area contributed by atoms with Crippen molar-refractivity contribution in [1.82, 2.24) is 15.3 Å². The molecular weight excluding hydrogens is 370 g/mol. The Morgan fingerprint density at radius 2 is 1.81 bits per heavy atom. The molecule has 0 atom stereocenters. The lowest BCUT2D eigenvalue weighted by Crippen LogP contribution is -2.46. The molecule has 0 spiro atoms. The largest absolute Gasteiger partial charge is 0.375 e. The highest BCUT2D eigenvalue weighted by molar-refractivity contribution is 7.80. The molecule has 6 nitrogen and oxygen atoms in total. The first-order chi connectivity index (χ1) is 13.0. The van der Waals surface area contributed by atoms with Gasteiger partial charge >= 0.3 is 0 Å². The monoisotopic (exact) mass is 390 g/mol. The SMILES string of the molecule is NC(=S)NN=Cc1cc(F)c(N2CCN(Cc3ccncc3)CC2)c(F)c1. The number of hydrogen-bond acceptors (Lipinski definition) is 5. The first-order valence-corrected chi connectivity index (χ1v) is 8.87. The molecule has 0 unspecified atom stereocenters. The van der Waals surface area contributed by atoms with E-state index in [9.17, 15) is 8.78 Å². The van der Waals surface area contributed by atoms with Crippen molar-refractivity contribution in [3.8, 4) is 0 Å². The van der Waals surface area contributed by atoms with Gasteiger partial charge in [0.25, 0.3) is 0 Å². The number of anilines is 1. The molecule has 9 heteroatoms. The molecule has 1 aromatic carbocycles. The van der Waals surface area contributed by atoms with Crippen LogP contribution in [0.3, 0.4) is 0 Å². The van der Waals surface area contributed by atoms with Crippen LogP contribution in [0.1, 0.15) is 11.1 Å². The average molecular weight is 390 g/mol. The van der Waals surface area contributed by atoms with Crippen LogP contribution in [0.2, 0.25) is 0 Å². The van der Waals surface area contributed by atoms with Gasteiger partial charge in [-0.2, -0.15) is 5.10 Å². The van der Waals surface area contributed by atoms with E-state index in [1.54, 1.807) is 17.3 Å². The highest BCUT2D eigenvalue weighted by atomic mass is 32.1. The normalized spacial score (nSPS) is 15.3. The van der Waals surface area contributed by atoms with Crippen LogP contribution < -0.4 is 16.1 Å². The van der Waals surface area contributed by atoms with Gasteiger partial charge in [0.2, 0.25) is 0 Å². The highest BCUT2D eigenvalue weighted by Gasteiger charge is 2.23. The Morgan fingerprint density at radius 1 is 1.19 bits per heavy atom. The van der Waals surface area contributed by atoms with Gasteiger partial charge in [0.05, 0.1) is 6.21 Å². The number of nitrogens with one attached hydrogen (secondary N) is 1. The quantitative estimate of drug-likeness (QED) is 0.461. The molecule has 0 amide bonds. The van der Waals surface area contributed by atoms with Crippen molar-refractivity contribution in [3.05, 3.63) is 59.4 Å². The smallest absolute Gasteiger partial charge is 0.184 e. The number of halogens is 2. The molecule has 1 aliphatic heterocycles. The number of piperazine rings is 1. The van der Waals surface area contributed by atoms with Crippen LogP contribution in [0.15, 0.2) is 41.8 Å². The molecule has 2 heterocycles. The highest BCUT2D eigenvalue weighted by Crippen LogP contribution is 2.26. The van der Waals surface area contributed by atoms with E-state index in [1.807, 2.05) is 12.1 Å². The number of thiocarbonyl (C=S) groups is 1. The molecule has 3 N–H and O–H groups in total. The van der Waals surface area contributed by atoms with E-state index in [-0.39, 0.29) is 16.4 Å². The van der Waals surface area contributed by atoms with Crippen molar-refractivity contribution in [3.63, 3.8) is 0 Å². The number of pyridine rings is 1. The van der Waals surface area contributed by atoms with E-state index in [0.29, 0.717) is 13.1 Å². The van der Waals surface area contributed by atoms with E-state index in [1.165, 1.54) is 23.9 Å². The summed E-state index contributed by atoms with van der Waals surface area (Å²) in [7, 11) is 0. The van der Waals surface area contributed by atoms with Crippen LogP contribution in [0.5, 0.6) is 0 Å². The fourth-order valence-electron chi connectivity index (χ4n) is 3.01. The van der Waals surface area contributed by atoms with Gasteiger partial charge in [-0.1, -0.05) is 0 Å². The summed E-state index contributed by atoms with van der Waals surface area (Å²) in [5.41, 5.74) is 9.05. The van der Waals surface area contributed by atoms with Gasteiger partial charge in [-0.3, -0.25) is 15.3 Å². The fourth-order valence-corrected chi connectivity index (χ4v) is 3.06. The van der Waals surface area contributed by atoms with Gasteiger partial charge in [-0.15, -0.1) is 0 Å². The van der Waals surface area contributed by atoms with E-state index >= 15 is 0 Å². The zero-order valence-corrected chi connectivity index (χ0v) is 15.4. The Bertz CT molecular complexity index is 799. The van der Waals surface area contributed by atoms with Crippen molar-refractivity contribution in [2.75, 3.05) is 31.1 Å². The van der Waals surface area contributed by atoms with Crippen LogP contribution in [0.25, 0.3) is 0 Å². The second kappa shape index (κ2) is 8.83. The topological polar surface area (TPSA) is 69.8 Å². The minimum atomic E-state index is -0.616. The van der Waals surface area contributed by atoms with E-state index < -0.39 is 11.6 Å². The number of hydrogen-bond donors (Lipinski definition) is 2. The van der Waals surface area contributed by atoms with Crippen molar-refractivity contribution >= 4 is 29.2 Å². The maximum absolute atomic E-state index is 14.5. The molecule has 0 saturated carbocycles. The molecule has 1 aliphatic rings. The van der Waals surface area contributed by atoms with Gasteiger partial charge < -0.3 is 10.6 Å². The first-order valence-electron chi connectivity index (χ1n) is 8.46. The lowest BCUT2D eigenvalue weighted by molar-refractivity contribution is 0.248.